The molecular formula is C14H24N2O2S2. The Morgan fingerprint density at radius 3 is 2.80 bits per heavy atom. The highest BCUT2D eigenvalue weighted by Gasteiger charge is 2.34. The number of nitrogens with one attached hydrogen (secondary N) is 1. The second kappa shape index (κ2) is 6.56. The van der Waals surface area contributed by atoms with Gasteiger partial charge in [-0.05, 0) is 44.4 Å². The van der Waals surface area contributed by atoms with E-state index in [0.29, 0.717) is 16.7 Å². The molecule has 1 saturated heterocycles. The summed E-state index contributed by atoms with van der Waals surface area (Å²) in [5.41, 5.74) is 0. The van der Waals surface area contributed by atoms with Crippen LogP contribution in [0.1, 0.15) is 38.5 Å². The van der Waals surface area contributed by atoms with Crippen molar-refractivity contribution in [3.63, 3.8) is 0 Å². The van der Waals surface area contributed by atoms with E-state index < -0.39 is 10.0 Å². The number of piperidine rings is 1. The average Bonchev–Trinajstić information content (AvgIpc) is 2.88. The molecule has 2 rings (SSSR count). The summed E-state index contributed by atoms with van der Waals surface area (Å²) < 4.78 is 27.7. The Hall–Kier alpha value is -0.430. The van der Waals surface area contributed by atoms with Crippen LogP contribution >= 0.6 is 11.3 Å². The molecule has 1 fully saturated rings. The van der Waals surface area contributed by atoms with Gasteiger partial charge in [0, 0.05) is 24.0 Å². The van der Waals surface area contributed by atoms with E-state index in [1.807, 2.05) is 19.9 Å². The first-order valence-electron chi connectivity index (χ1n) is 7.26. The van der Waals surface area contributed by atoms with Crippen molar-refractivity contribution >= 4 is 21.4 Å². The third kappa shape index (κ3) is 3.42. The maximum absolute atomic E-state index is 12.7. The van der Waals surface area contributed by atoms with Crippen LogP contribution in [0.25, 0.3) is 0 Å². The molecule has 1 aromatic rings. The van der Waals surface area contributed by atoms with Gasteiger partial charge in [-0.25, -0.2) is 8.42 Å². The highest BCUT2D eigenvalue weighted by molar-refractivity contribution is 7.91. The Kier molecular flexibility index (Phi) is 5.23. The van der Waals surface area contributed by atoms with E-state index in [4.69, 9.17) is 0 Å². The first kappa shape index (κ1) is 15.9. The fourth-order valence-electron chi connectivity index (χ4n) is 2.54. The maximum Gasteiger partial charge on any atom is 0.252 e. The summed E-state index contributed by atoms with van der Waals surface area (Å²) in [6.07, 6.45) is 2.07. The first-order valence-corrected chi connectivity index (χ1v) is 9.52. The molecule has 0 saturated carbocycles. The van der Waals surface area contributed by atoms with E-state index in [9.17, 15) is 8.42 Å². The van der Waals surface area contributed by atoms with Gasteiger partial charge < -0.3 is 5.32 Å². The van der Waals surface area contributed by atoms with Crippen molar-refractivity contribution in [2.45, 2.75) is 50.4 Å². The highest BCUT2D eigenvalue weighted by Crippen LogP contribution is 2.31. The van der Waals surface area contributed by atoms with Gasteiger partial charge in [0.15, 0.2) is 0 Å². The molecule has 1 aromatic heterocycles. The summed E-state index contributed by atoms with van der Waals surface area (Å²) in [7, 11) is -3.32. The highest BCUT2D eigenvalue weighted by atomic mass is 32.2. The first-order chi connectivity index (χ1) is 9.45. The van der Waals surface area contributed by atoms with Gasteiger partial charge >= 0.3 is 0 Å². The lowest BCUT2D eigenvalue weighted by atomic mass is 9.97. The summed E-state index contributed by atoms with van der Waals surface area (Å²) in [5, 5.41) is 3.23. The summed E-state index contributed by atoms with van der Waals surface area (Å²) in [6.45, 7) is 8.45. The van der Waals surface area contributed by atoms with E-state index in [2.05, 4.69) is 12.2 Å². The van der Waals surface area contributed by atoms with Crippen LogP contribution in [0.3, 0.4) is 0 Å². The van der Waals surface area contributed by atoms with E-state index in [-0.39, 0.29) is 6.04 Å². The zero-order valence-electron chi connectivity index (χ0n) is 12.4. The molecule has 0 amide bonds. The van der Waals surface area contributed by atoms with E-state index >= 15 is 0 Å². The molecule has 4 nitrogen and oxygen atoms in total. The molecule has 2 heterocycles. The second-order valence-corrected chi connectivity index (χ2v) is 8.89. The summed E-state index contributed by atoms with van der Waals surface area (Å²) in [6, 6.07) is 3.77. The topological polar surface area (TPSA) is 49.4 Å². The zero-order valence-corrected chi connectivity index (χ0v) is 14.1. The van der Waals surface area contributed by atoms with Gasteiger partial charge in [0.2, 0.25) is 0 Å². The lowest BCUT2D eigenvalue weighted by Crippen LogP contribution is -2.44. The summed E-state index contributed by atoms with van der Waals surface area (Å²) in [5.74, 6) is 0.446. The Morgan fingerprint density at radius 1 is 1.35 bits per heavy atom. The Morgan fingerprint density at radius 2 is 2.10 bits per heavy atom. The van der Waals surface area contributed by atoms with Crippen LogP contribution in [0.5, 0.6) is 0 Å². The normalized spacial score (nSPS) is 24.9. The molecule has 20 heavy (non-hydrogen) atoms. The lowest BCUT2D eigenvalue weighted by molar-refractivity contribution is 0.218. The van der Waals surface area contributed by atoms with E-state index in [1.54, 1.807) is 10.4 Å². The van der Waals surface area contributed by atoms with Gasteiger partial charge in [-0.15, -0.1) is 11.3 Å². The number of hydrogen-bond acceptors (Lipinski definition) is 4. The minimum absolute atomic E-state index is 0.107. The largest absolute Gasteiger partial charge is 0.312 e. The van der Waals surface area contributed by atoms with Crippen LogP contribution in [-0.2, 0) is 16.6 Å². The van der Waals surface area contributed by atoms with Crippen LogP contribution in [0.4, 0.5) is 0 Å². The minimum atomic E-state index is -3.32. The molecule has 2 atom stereocenters. The second-order valence-electron chi connectivity index (χ2n) is 5.61. The van der Waals surface area contributed by atoms with Crippen molar-refractivity contribution in [2.24, 2.45) is 5.92 Å². The number of thiophene rings is 1. The van der Waals surface area contributed by atoms with E-state index in [0.717, 1.165) is 30.8 Å². The fraction of sp³-hybridized carbons (Fsp3) is 0.714. The van der Waals surface area contributed by atoms with Crippen LogP contribution < -0.4 is 5.32 Å². The molecule has 1 aliphatic heterocycles. The SMILES string of the molecule is CCNCc1ccc(S(=O)(=O)N2CC(C)CCC2C)s1. The van der Waals surface area contributed by atoms with Crippen molar-refractivity contribution in [3.05, 3.63) is 17.0 Å². The van der Waals surface area contributed by atoms with Gasteiger partial charge in [-0.3, -0.25) is 0 Å². The summed E-state index contributed by atoms with van der Waals surface area (Å²) >= 11 is 1.38. The van der Waals surface area contributed by atoms with Crippen molar-refractivity contribution in [2.75, 3.05) is 13.1 Å². The minimum Gasteiger partial charge on any atom is -0.312 e. The molecule has 1 N–H and O–H groups in total. The Balaban J connectivity index is 2.18. The smallest absolute Gasteiger partial charge is 0.252 e. The third-order valence-electron chi connectivity index (χ3n) is 3.81. The molecule has 6 heteroatoms. The van der Waals surface area contributed by atoms with Crippen molar-refractivity contribution in [1.29, 1.82) is 0 Å². The number of sulfonamides is 1. The molecule has 0 bridgehead atoms. The van der Waals surface area contributed by atoms with Crippen LogP contribution in [0, 0.1) is 5.92 Å². The predicted molar refractivity (Wildman–Crippen MR) is 83.5 cm³/mol. The maximum atomic E-state index is 12.7. The van der Waals surface area contributed by atoms with Gasteiger partial charge in [0.1, 0.15) is 4.21 Å². The number of nitrogens with zero attached hydrogens (tertiary/aromatic N) is 1. The van der Waals surface area contributed by atoms with Gasteiger partial charge in [-0.1, -0.05) is 13.8 Å². The molecule has 114 valence electrons. The zero-order chi connectivity index (χ0) is 14.8. The molecule has 2 unspecified atom stereocenters. The molecule has 0 radical (unpaired) electrons. The number of rotatable bonds is 5. The predicted octanol–water partition coefficient (Wildman–Crippen LogP) is 2.67. The molecule has 0 aromatic carbocycles. The molecular weight excluding hydrogens is 292 g/mol. The monoisotopic (exact) mass is 316 g/mol. The van der Waals surface area contributed by atoms with Gasteiger partial charge in [0.25, 0.3) is 10.0 Å². The quantitative estimate of drug-likeness (QED) is 0.908. The standard InChI is InChI=1S/C14H24N2O2S2/c1-4-15-9-13-7-8-14(19-13)20(17,18)16-10-11(2)5-6-12(16)3/h7-8,11-12,15H,4-6,9-10H2,1-3H3. The lowest BCUT2D eigenvalue weighted by Gasteiger charge is -2.35. The molecule has 1 aliphatic rings. The average molecular weight is 316 g/mol. The number of hydrogen-bond donors (Lipinski definition) is 1. The van der Waals surface area contributed by atoms with Gasteiger partial charge in [-0.2, -0.15) is 4.31 Å². The van der Waals surface area contributed by atoms with Crippen molar-refractivity contribution < 1.29 is 8.42 Å². The molecule has 0 aliphatic carbocycles. The summed E-state index contributed by atoms with van der Waals surface area (Å²) in [4.78, 5) is 1.07. The Labute approximate surface area is 126 Å². The van der Waals surface area contributed by atoms with Crippen LogP contribution in [0.15, 0.2) is 16.3 Å². The third-order valence-corrected chi connectivity index (χ3v) is 7.34. The van der Waals surface area contributed by atoms with Crippen molar-refractivity contribution in [3.8, 4) is 0 Å². The van der Waals surface area contributed by atoms with E-state index in [1.165, 1.54) is 11.3 Å². The van der Waals surface area contributed by atoms with Gasteiger partial charge in [0.05, 0.1) is 0 Å². The fourth-order valence-corrected chi connectivity index (χ4v) is 5.77. The Bertz CT molecular complexity index is 539. The van der Waals surface area contributed by atoms with Crippen molar-refractivity contribution in [1.82, 2.24) is 9.62 Å². The van der Waals surface area contributed by atoms with Crippen LogP contribution in [-0.4, -0.2) is 31.9 Å². The molecule has 0 spiro atoms. The van der Waals surface area contributed by atoms with Crippen LogP contribution in [0.2, 0.25) is 0 Å².